The number of nitrogens with zero attached hydrogens (tertiary/aromatic N) is 1. The molecule has 0 bridgehead atoms. The fraction of sp³-hybridized carbons (Fsp3) is 0.526. The van der Waals surface area contributed by atoms with Crippen molar-refractivity contribution in [3.05, 3.63) is 35.6 Å². The fourth-order valence-electron chi connectivity index (χ4n) is 3.02. The van der Waals surface area contributed by atoms with Crippen molar-refractivity contribution >= 4 is 17.8 Å². The van der Waals surface area contributed by atoms with Crippen LogP contribution in [0.3, 0.4) is 0 Å². The molecular formula is C19H26FN3O3. The Morgan fingerprint density at radius 2 is 1.92 bits per heavy atom. The lowest BCUT2D eigenvalue weighted by molar-refractivity contribution is -0.135. The van der Waals surface area contributed by atoms with E-state index in [9.17, 15) is 18.8 Å². The van der Waals surface area contributed by atoms with Crippen LogP contribution in [-0.4, -0.2) is 35.3 Å². The first-order chi connectivity index (χ1) is 12.3. The SMILES string of the molecule is CCCC[C@]1(c2ccc(F)cc2)NC(=O)N(CC(=O)N[C@@H](C)CC)C1=O. The molecule has 0 saturated carbocycles. The van der Waals surface area contributed by atoms with Crippen molar-refractivity contribution in [1.82, 2.24) is 15.5 Å². The van der Waals surface area contributed by atoms with Gasteiger partial charge in [-0.1, -0.05) is 38.8 Å². The Hall–Kier alpha value is -2.44. The number of amides is 4. The Kier molecular flexibility index (Phi) is 6.34. The maximum absolute atomic E-state index is 13.3. The van der Waals surface area contributed by atoms with Gasteiger partial charge in [0.1, 0.15) is 17.9 Å². The molecule has 1 saturated heterocycles. The highest BCUT2D eigenvalue weighted by atomic mass is 19.1. The Morgan fingerprint density at radius 3 is 2.50 bits per heavy atom. The summed E-state index contributed by atoms with van der Waals surface area (Å²) in [7, 11) is 0. The summed E-state index contributed by atoms with van der Waals surface area (Å²) < 4.78 is 13.3. The van der Waals surface area contributed by atoms with Crippen LogP contribution in [0.4, 0.5) is 9.18 Å². The van der Waals surface area contributed by atoms with Crippen LogP contribution in [0.25, 0.3) is 0 Å². The molecule has 0 radical (unpaired) electrons. The molecule has 7 heteroatoms. The maximum Gasteiger partial charge on any atom is 0.325 e. The number of carbonyl (C=O) groups is 3. The number of nitrogens with one attached hydrogen (secondary N) is 2. The molecule has 4 amide bonds. The fourth-order valence-corrected chi connectivity index (χ4v) is 3.02. The summed E-state index contributed by atoms with van der Waals surface area (Å²) in [6.45, 7) is 5.44. The van der Waals surface area contributed by atoms with Crippen molar-refractivity contribution in [3.63, 3.8) is 0 Å². The van der Waals surface area contributed by atoms with Gasteiger partial charge in [0.05, 0.1) is 0 Å². The van der Waals surface area contributed by atoms with Gasteiger partial charge in [0.25, 0.3) is 5.91 Å². The molecule has 0 unspecified atom stereocenters. The average molecular weight is 363 g/mol. The van der Waals surface area contributed by atoms with Gasteiger partial charge in [-0.15, -0.1) is 0 Å². The first-order valence-electron chi connectivity index (χ1n) is 9.03. The van der Waals surface area contributed by atoms with Gasteiger partial charge >= 0.3 is 6.03 Å². The number of hydrogen-bond acceptors (Lipinski definition) is 3. The summed E-state index contributed by atoms with van der Waals surface area (Å²) in [5.74, 6) is -1.27. The van der Waals surface area contributed by atoms with Crippen molar-refractivity contribution in [2.45, 2.75) is 58.0 Å². The van der Waals surface area contributed by atoms with Gasteiger partial charge in [0, 0.05) is 6.04 Å². The number of rotatable bonds is 8. The van der Waals surface area contributed by atoms with Crippen LogP contribution in [0.15, 0.2) is 24.3 Å². The molecule has 2 rings (SSSR count). The number of hydrogen-bond donors (Lipinski definition) is 2. The molecule has 26 heavy (non-hydrogen) atoms. The minimum absolute atomic E-state index is 0.0368. The van der Waals surface area contributed by atoms with E-state index in [2.05, 4.69) is 10.6 Å². The minimum atomic E-state index is -1.25. The predicted molar refractivity (Wildman–Crippen MR) is 95.7 cm³/mol. The van der Waals surface area contributed by atoms with Crippen molar-refractivity contribution in [2.75, 3.05) is 6.54 Å². The van der Waals surface area contributed by atoms with E-state index in [-0.39, 0.29) is 18.5 Å². The molecular weight excluding hydrogens is 337 g/mol. The lowest BCUT2D eigenvalue weighted by atomic mass is 9.85. The van der Waals surface area contributed by atoms with Crippen molar-refractivity contribution in [2.24, 2.45) is 0 Å². The van der Waals surface area contributed by atoms with E-state index >= 15 is 0 Å². The average Bonchev–Trinajstić information content (AvgIpc) is 2.85. The van der Waals surface area contributed by atoms with Crippen LogP contribution in [0.5, 0.6) is 0 Å². The smallest absolute Gasteiger partial charge is 0.325 e. The van der Waals surface area contributed by atoms with Gasteiger partial charge < -0.3 is 10.6 Å². The summed E-state index contributed by atoms with van der Waals surface area (Å²) in [5.41, 5.74) is -0.729. The second-order valence-electron chi connectivity index (χ2n) is 6.71. The van der Waals surface area contributed by atoms with E-state index in [0.717, 1.165) is 17.7 Å². The number of unbranched alkanes of at least 4 members (excludes halogenated alkanes) is 1. The van der Waals surface area contributed by atoms with Crippen LogP contribution in [0, 0.1) is 5.82 Å². The number of imide groups is 1. The molecule has 1 aliphatic rings. The Labute approximate surface area is 153 Å². The molecule has 1 aromatic rings. The highest BCUT2D eigenvalue weighted by molar-refractivity contribution is 6.09. The highest BCUT2D eigenvalue weighted by Gasteiger charge is 2.52. The van der Waals surface area contributed by atoms with E-state index in [1.54, 1.807) is 0 Å². The van der Waals surface area contributed by atoms with E-state index in [0.29, 0.717) is 18.4 Å². The van der Waals surface area contributed by atoms with Crippen molar-refractivity contribution in [3.8, 4) is 0 Å². The molecule has 0 aliphatic carbocycles. The minimum Gasteiger partial charge on any atom is -0.352 e. The van der Waals surface area contributed by atoms with Gasteiger partial charge in [-0.05, 0) is 37.5 Å². The van der Waals surface area contributed by atoms with Crippen LogP contribution < -0.4 is 10.6 Å². The van der Waals surface area contributed by atoms with E-state index in [4.69, 9.17) is 0 Å². The predicted octanol–water partition coefficient (Wildman–Crippen LogP) is 2.68. The number of benzene rings is 1. The lowest BCUT2D eigenvalue weighted by Crippen LogP contribution is -2.46. The van der Waals surface area contributed by atoms with Gasteiger partial charge in [-0.3, -0.25) is 14.5 Å². The monoisotopic (exact) mass is 363 g/mol. The second kappa shape index (κ2) is 8.29. The van der Waals surface area contributed by atoms with E-state index < -0.39 is 23.3 Å². The summed E-state index contributed by atoms with van der Waals surface area (Å²) in [5, 5.41) is 5.50. The Bertz CT molecular complexity index is 677. The lowest BCUT2D eigenvalue weighted by Gasteiger charge is -2.27. The normalized spacial score (nSPS) is 20.8. The third-order valence-electron chi connectivity index (χ3n) is 4.74. The van der Waals surface area contributed by atoms with Gasteiger partial charge in [0.2, 0.25) is 5.91 Å². The largest absolute Gasteiger partial charge is 0.352 e. The standard InChI is InChI=1S/C19H26FN3O3/c1-4-6-11-19(14-7-9-15(20)10-8-14)17(25)23(18(26)22-19)12-16(24)21-13(3)5-2/h7-10,13H,4-6,11-12H2,1-3H3,(H,21,24)(H,22,26)/t13-,19+/m0/s1. The molecule has 0 spiro atoms. The number of urea groups is 1. The first-order valence-corrected chi connectivity index (χ1v) is 9.03. The summed E-state index contributed by atoms with van der Waals surface area (Å²) in [6, 6.07) is 4.90. The third kappa shape index (κ3) is 4.03. The quantitative estimate of drug-likeness (QED) is 0.697. The van der Waals surface area contributed by atoms with E-state index in [1.807, 2.05) is 20.8 Å². The zero-order chi connectivity index (χ0) is 19.3. The van der Waals surface area contributed by atoms with Crippen molar-refractivity contribution < 1.29 is 18.8 Å². The van der Waals surface area contributed by atoms with Crippen LogP contribution in [0.1, 0.15) is 52.0 Å². The Morgan fingerprint density at radius 1 is 1.27 bits per heavy atom. The molecule has 1 heterocycles. The van der Waals surface area contributed by atoms with Crippen LogP contribution >= 0.6 is 0 Å². The number of carbonyl (C=O) groups excluding carboxylic acids is 3. The molecule has 1 fully saturated rings. The zero-order valence-corrected chi connectivity index (χ0v) is 15.5. The van der Waals surface area contributed by atoms with Gasteiger partial charge in [-0.25, -0.2) is 9.18 Å². The zero-order valence-electron chi connectivity index (χ0n) is 15.5. The second-order valence-corrected chi connectivity index (χ2v) is 6.71. The van der Waals surface area contributed by atoms with Gasteiger partial charge in [-0.2, -0.15) is 0 Å². The molecule has 0 aromatic heterocycles. The van der Waals surface area contributed by atoms with Crippen LogP contribution in [-0.2, 0) is 15.1 Å². The highest BCUT2D eigenvalue weighted by Crippen LogP contribution is 2.34. The molecule has 1 aromatic carbocycles. The molecule has 2 atom stereocenters. The Balaban J connectivity index is 2.27. The maximum atomic E-state index is 13.3. The molecule has 2 N–H and O–H groups in total. The summed E-state index contributed by atoms with van der Waals surface area (Å²) in [6.07, 6.45) is 2.68. The molecule has 6 nitrogen and oxygen atoms in total. The number of halogens is 1. The summed E-state index contributed by atoms with van der Waals surface area (Å²) >= 11 is 0. The van der Waals surface area contributed by atoms with Crippen LogP contribution in [0.2, 0.25) is 0 Å². The molecule has 1 aliphatic heterocycles. The first kappa shape index (κ1) is 19.9. The summed E-state index contributed by atoms with van der Waals surface area (Å²) in [4.78, 5) is 38.6. The van der Waals surface area contributed by atoms with Gasteiger partial charge in [0.15, 0.2) is 0 Å². The van der Waals surface area contributed by atoms with Crippen molar-refractivity contribution in [1.29, 1.82) is 0 Å². The van der Waals surface area contributed by atoms with E-state index in [1.165, 1.54) is 24.3 Å². The third-order valence-corrected chi connectivity index (χ3v) is 4.74. The molecule has 142 valence electrons. The topological polar surface area (TPSA) is 78.5 Å².